The molecule has 0 aliphatic rings. The van der Waals surface area contributed by atoms with Gasteiger partial charge in [0.25, 0.3) is 0 Å². The first-order valence-corrected chi connectivity index (χ1v) is 23.0. The topological polar surface area (TPSA) is 449 Å². The molecule has 0 aromatic heterocycles. The maximum Gasteiger partial charge on any atom is 0.328 e. The number of aliphatic carboxylic acids is 2. The van der Waals surface area contributed by atoms with Gasteiger partial charge in [0.05, 0.1) is 25.0 Å². The van der Waals surface area contributed by atoms with Crippen molar-refractivity contribution in [2.45, 2.75) is 119 Å². The molecule has 26 nitrogen and oxygen atoms in total. The summed E-state index contributed by atoms with van der Waals surface area (Å²) in [6.07, 6.45) is -1.95. The SMILES string of the molecule is C[C@@H](O)[C@H](NC(=O)[C@H](CC(=O)O)NC(=O)[C@H](CCCCN)NC(=O)[C@H](CCCCN)NC(=O)[C@H](CS)NC(=O)[C@H](CS)NC(=O)[C@H](CS)NC(=O)[C@H](CS)NC(=O)[C@@H](N)CC(N)=O)C(=O)O. The molecule has 0 rings (SSSR count). The van der Waals surface area contributed by atoms with E-state index in [0.717, 1.165) is 6.92 Å². The van der Waals surface area contributed by atoms with Crippen LogP contribution in [0.5, 0.6) is 0 Å². The molecule has 0 heterocycles. The van der Waals surface area contributed by atoms with Gasteiger partial charge < -0.3 is 80.8 Å². The normalized spacial score (nSPS) is 15.5. The number of carbonyl (C=O) groups excluding carboxylic acids is 9. The summed E-state index contributed by atoms with van der Waals surface area (Å²) >= 11 is 16.4. The summed E-state index contributed by atoms with van der Waals surface area (Å²) in [7, 11) is 0. The van der Waals surface area contributed by atoms with Crippen molar-refractivity contribution in [3.63, 3.8) is 0 Å². The fraction of sp³-hybridized carbons (Fsp3) is 0.694. The molecule has 0 radical (unpaired) electrons. The number of thiol groups is 4. The van der Waals surface area contributed by atoms with Crippen LogP contribution in [0.25, 0.3) is 0 Å². The number of nitrogens with one attached hydrogen (secondary N) is 8. The average molecular weight is 1020 g/mol. The van der Waals surface area contributed by atoms with Crippen molar-refractivity contribution in [1.29, 1.82) is 0 Å². The summed E-state index contributed by atoms with van der Waals surface area (Å²) in [4.78, 5) is 140. The highest BCUT2D eigenvalue weighted by Gasteiger charge is 2.35. The number of hydrogen-bond acceptors (Lipinski definition) is 19. The molecule has 0 aliphatic heterocycles. The summed E-state index contributed by atoms with van der Waals surface area (Å²) < 4.78 is 0. The maximum atomic E-state index is 13.8. The minimum Gasteiger partial charge on any atom is -0.481 e. The fourth-order valence-electron chi connectivity index (χ4n) is 5.55. The molecule has 0 unspecified atom stereocenters. The van der Waals surface area contributed by atoms with Gasteiger partial charge in [-0.05, 0) is 58.5 Å². The van der Waals surface area contributed by atoms with Crippen LogP contribution in [-0.4, -0.2) is 177 Å². The number of amides is 9. The van der Waals surface area contributed by atoms with Crippen LogP contribution < -0.4 is 65.5 Å². The first-order valence-electron chi connectivity index (χ1n) is 20.4. The number of aliphatic hydroxyl groups excluding tert-OH is 1. The molecule has 0 saturated heterocycles. The van der Waals surface area contributed by atoms with E-state index in [-0.39, 0.29) is 61.8 Å². The van der Waals surface area contributed by atoms with E-state index in [9.17, 15) is 68.1 Å². The Balaban J connectivity index is 6.16. The largest absolute Gasteiger partial charge is 0.481 e. The molecule has 10 atom stereocenters. The molecular weight excluding hydrogens is 953 g/mol. The van der Waals surface area contributed by atoms with E-state index >= 15 is 0 Å². The van der Waals surface area contributed by atoms with Crippen LogP contribution >= 0.6 is 50.5 Å². The minimum atomic E-state index is -1.86. The van der Waals surface area contributed by atoms with E-state index in [1.165, 1.54) is 0 Å². The molecule has 9 amide bonds. The van der Waals surface area contributed by atoms with Gasteiger partial charge in [-0.3, -0.25) is 47.9 Å². The zero-order valence-corrected chi connectivity index (χ0v) is 39.7. The number of nitrogens with two attached hydrogens (primary N) is 4. The van der Waals surface area contributed by atoms with Crippen molar-refractivity contribution < 1.29 is 68.1 Å². The number of rotatable bonds is 34. The van der Waals surface area contributed by atoms with Gasteiger partial charge in [0, 0.05) is 23.0 Å². The summed E-state index contributed by atoms with van der Waals surface area (Å²) in [6.45, 7) is 1.47. The van der Waals surface area contributed by atoms with Gasteiger partial charge in [0.1, 0.15) is 42.3 Å². The Bertz CT molecular complexity index is 1690. The van der Waals surface area contributed by atoms with Crippen molar-refractivity contribution in [3.05, 3.63) is 0 Å². The van der Waals surface area contributed by atoms with E-state index < -0.39 is 138 Å². The summed E-state index contributed by atoms with van der Waals surface area (Å²) in [5.74, 6) is -13.1. The van der Waals surface area contributed by atoms with Crippen LogP contribution in [0.3, 0.4) is 0 Å². The summed E-state index contributed by atoms with van der Waals surface area (Å²) in [6, 6.07) is -13.5. The Morgan fingerprint density at radius 3 is 1.06 bits per heavy atom. The quantitative estimate of drug-likeness (QED) is 0.0210. The van der Waals surface area contributed by atoms with E-state index in [1.54, 1.807) is 0 Å². The molecule has 0 aliphatic carbocycles. The van der Waals surface area contributed by atoms with E-state index in [2.05, 4.69) is 87.7 Å². The van der Waals surface area contributed by atoms with Crippen LogP contribution in [0.1, 0.15) is 58.3 Å². The third-order valence-corrected chi connectivity index (χ3v) is 10.7. The number of unbranched alkanes of at least 4 members (excludes halogenated alkanes) is 2. The first-order chi connectivity index (χ1) is 31.0. The van der Waals surface area contributed by atoms with Crippen molar-refractivity contribution >= 4 is 116 Å². The van der Waals surface area contributed by atoms with Crippen LogP contribution in [0.4, 0.5) is 0 Å². The monoisotopic (exact) mass is 1020 g/mol. The standard InChI is InChI=1S/C36H64N12O14S4/c1-16(49)27(36(61)62)48-31(56)20(11-26(51)52)43-30(55)19(7-3-5-9-38)41-29(54)18(6-2-4-8-37)42-32(57)22(13-64)45-34(59)24(15-66)47-35(60)23(14-65)46-33(58)21(12-63)44-28(53)17(39)10-25(40)50/h16-24,27,49,63-66H,2-15,37-39H2,1H3,(H2,40,50)(H,41,54)(H,42,57)(H,43,55)(H,44,53)(H,45,59)(H,46,58)(H,47,60)(H,48,56)(H,51,52)(H,61,62)/t16-,17+,18+,19+,20+,21+,22+,23+,24+,27+/m1/s1. The van der Waals surface area contributed by atoms with Gasteiger partial charge in [-0.2, -0.15) is 50.5 Å². The number of carboxylic acid groups (broad SMARTS) is 2. The molecule has 30 heteroatoms. The average Bonchev–Trinajstić information content (AvgIpc) is 3.25. The van der Waals surface area contributed by atoms with Crippen LogP contribution in [0.15, 0.2) is 0 Å². The zero-order valence-electron chi connectivity index (χ0n) is 36.1. The van der Waals surface area contributed by atoms with Crippen molar-refractivity contribution in [3.8, 4) is 0 Å². The Kier molecular flexibility index (Phi) is 30.7. The lowest BCUT2D eigenvalue weighted by atomic mass is 10.0. The molecule has 66 heavy (non-hydrogen) atoms. The Labute approximate surface area is 402 Å². The van der Waals surface area contributed by atoms with Gasteiger partial charge in [0.15, 0.2) is 6.04 Å². The lowest BCUT2D eigenvalue weighted by Gasteiger charge is -2.27. The van der Waals surface area contributed by atoms with E-state index in [4.69, 9.17) is 22.9 Å². The number of hydrogen-bond donors (Lipinski definition) is 19. The second-order valence-electron chi connectivity index (χ2n) is 14.7. The summed E-state index contributed by atoms with van der Waals surface area (Å²) in [5, 5.41) is 47.2. The van der Waals surface area contributed by atoms with E-state index in [1.807, 2.05) is 5.32 Å². The highest BCUT2D eigenvalue weighted by Crippen LogP contribution is 2.08. The number of carbonyl (C=O) groups is 11. The molecule has 0 aromatic rings. The van der Waals surface area contributed by atoms with Gasteiger partial charge in [-0.1, -0.05) is 0 Å². The second kappa shape index (κ2) is 33.0. The molecule has 0 spiro atoms. The number of aliphatic hydroxyl groups is 1. The van der Waals surface area contributed by atoms with E-state index in [0.29, 0.717) is 12.8 Å². The Morgan fingerprint density at radius 2 is 0.773 bits per heavy atom. The first kappa shape index (κ1) is 61.4. The second-order valence-corrected chi connectivity index (χ2v) is 16.1. The van der Waals surface area contributed by atoms with Crippen molar-refractivity contribution in [2.24, 2.45) is 22.9 Å². The zero-order chi connectivity index (χ0) is 50.7. The highest BCUT2D eigenvalue weighted by atomic mass is 32.1. The van der Waals surface area contributed by atoms with Gasteiger partial charge in [0.2, 0.25) is 53.2 Å². The van der Waals surface area contributed by atoms with Crippen molar-refractivity contribution in [2.75, 3.05) is 36.1 Å². The molecule has 0 fully saturated rings. The van der Waals surface area contributed by atoms with Crippen LogP contribution in [0.2, 0.25) is 0 Å². The third kappa shape index (κ3) is 23.2. The maximum absolute atomic E-state index is 13.8. The predicted octanol–water partition coefficient (Wildman–Crippen LogP) is -7.02. The van der Waals surface area contributed by atoms with Crippen LogP contribution in [0, 0.1) is 0 Å². The van der Waals surface area contributed by atoms with Crippen molar-refractivity contribution in [1.82, 2.24) is 42.5 Å². The predicted molar refractivity (Wildman–Crippen MR) is 250 cm³/mol. The third-order valence-electron chi connectivity index (χ3n) is 9.24. The molecule has 376 valence electrons. The number of carboxylic acids is 2. The highest BCUT2D eigenvalue weighted by molar-refractivity contribution is 7.80. The van der Waals surface area contributed by atoms with Gasteiger partial charge in [-0.15, -0.1) is 0 Å². The molecule has 0 saturated carbocycles. The van der Waals surface area contributed by atoms with Gasteiger partial charge in [-0.25, -0.2) is 4.79 Å². The molecule has 0 bridgehead atoms. The molecular formula is C36H64N12O14S4. The van der Waals surface area contributed by atoms with Gasteiger partial charge >= 0.3 is 11.9 Å². The molecule has 0 aromatic carbocycles. The molecule has 19 N–H and O–H groups in total. The lowest BCUT2D eigenvalue weighted by Crippen LogP contribution is -2.61. The number of primary amides is 1. The summed E-state index contributed by atoms with van der Waals surface area (Å²) in [5.41, 5.74) is 21.9. The minimum absolute atomic E-state index is 0.0385. The Hall–Kier alpha value is -4.59. The lowest BCUT2D eigenvalue weighted by molar-refractivity contribution is -0.146. The smallest absolute Gasteiger partial charge is 0.328 e. The van der Waals surface area contributed by atoms with Crippen LogP contribution in [-0.2, 0) is 52.7 Å². The Morgan fingerprint density at radius 1 is 0.470 bits per heavy atom. The fourth-order valence-corrected chi connectivity index (χ4v) is 6.58.